The van der Waals surface area contributed by atoms with E-state index in [0.29, 0.717) is 10.8 Å². The molecule has 5 heteroatoms. The second kappa shape index (κ2) is 5.02. The van der Waals surface area contributed by atoms with Gasteiger partial charge >= 0.3 is 0 Å². The van der Waals surface area contributed by atoms with Gasteiger partial charge in [0.2, 0.25) is 5.91 Å². The number of piperidine rings is 1. The van der Waals surface area contributed by atoms with Crippen molar-refractivity contribution in [1.29, 1.82) is 0 Å². The van der Waals surface area contributed by atoms with Crippen LogP contribution in [0.5, 0.6) is 0 Å². The van der Waals surface area contributed by atoms with Crippen molar-refractivity contribution in [3.8, 4) is 0 Å². The van der Waals surface area contributed by atoms with E-state index < -0.39 is 5.54 Å². The second-order valence-electron chi connectivity index (χ2n) is 4.54. The van der Waals surface area contributed by atoms with E-state index in [-0.39, 0.29) is 5.91 Å². The molecule has 0 aliphatic carbocycles. The van der Waals surface area contributed by atoms with E-state index in [0.717, 1.165) is 25.8 Å². The van der Waals surface area contributed by atoms with Crippen LogP contribution in [-0.4, -0.2) is 23.0 Å². The van der Waals surface area contributed by atoms with Crippen LogP contribution in [0.15, 0.2) is 18.3 Å². The highest BCUT2D eigenvalue weighted by molar-refractivity contribution is 6.29. The number of rotatable bonds is 2. The van der Waals surface area contributed by atoms with Gasteiger partial charge in [-0.25, -0.2) is 4.98 Å². The number of nitrogens with one attached hydrogen (secondary N) is 2. The first kappa shape index (κ1) is 12.3. The Balaban J connectivity index is 2.03. The van der Waals surface area contributed by atoms with Gasteiger partial charge in [0, 0.05) is 0 Å². The molecule has 2 heterocycles. The van der Waals surface area contributed by atoms with Crippen LogP contribution in [0.3, 0.4) is 0 Å². The van der Waals surface area contributed by atoms with Crippen molar-refractivity contribution in [2.75, 3.05) is 11.9 Å². The molecule has 1 aromatic heterocycles. The number of nitrogens with zero attached hydrogens (tertiary/aromatic N) is 1. The van der Waals surface area contributed by atoms with Crippen molar-refractivity contribution in [1.82, 2.24) is 10.3 Å². The van der Waals surface area contributed by atoms with Crippen molar-refractivity contribution < 1.29 is 4.79 Å². The summed E-state index contributed by atoms with van der Waals surface area (Å²) in [4.78, 5) is 16.1. The lowest BCUT2D eigenvalue weighted by atomic mass is 9.90. The van der Waals surface area contributed by atoms with Gasteiger partial charge in [0.05, 0.1) is 17.4 Å². The van der Waals surface area contributed by atoms with Gasteiger partial charge in [0.1, 0.15) is 5.15 Å². The molecule has 1 atom stereocenters. The minimum atomic E-state index is -0.474. The SMILES string of the molecule is CC1(C(=O)Nc2ccc(Cl)nc2)CCCCN1. The van der Waals surface area contributed by atoms with Crippen molar-refractivity contribution in [3.05, 3.63) is 23.5 Å². The lowest BCUT2D eigenvalue weighted by molar-refractivity contribution is -0.122. The maximum absolute atomic E-state index is 12.1. The van der Waals surface area contributed by atoms with Crippen LogP contribution in [0.1, 0.15) is 26.2 Å². The van der Waals surface area contributed by atoms with Gasteiger partial charge in [-0.3, -0.25) is 4.79 Å². The van der Waals surface area contributed by atoms with Crippen LogP contribution in [-0.2, 0) is 4.79 Å². The zero-order chi connectivity index (χ0) is 12.3. The van der Waals surface area contributed by atoms with Gasteiger partial charge in [-0.2, -0.15) is 0 Å². The summed E-state index contributed by atoms with van der Waals surface area (Å²) >= 11 is 5.69. The van der Waals surface area contributed by atoms with E-state index >= 15 is 0 Å². The summed E-state index contributed by atoms with van der Waals surface area (Å²) in [6, 6.07) is 3.41. The Morgan fingerprint density at radius 3 is 2.94 bits per heavy atom. The molecule has 0 radical (unpaired) electrons. The minimum absolute atomic E-state index is 0.0127. The molecule has 0 bridgehead atoms. The molecule has 4 nitrogen and oxygen atoms in total. The molecule has 1 aromatic rings. The van der Waals surface area contributed by atoms with Crippen LogP contribution in [0.25, 0.3) is 0 Å². The fourth-order valence-corrected chi connectivity index (χ4v) is 2.08. The van der Waals surface area contributed by atoms with Crippen molar-refractivity contribution in [2.24, 2.45) is 0 Å². The maximum Gasteiger partial charge on any atom is 0.244 e. The van der Waals surface area contributed by atoms with Gasteiger partial charge < -0.3 is 10.6 Å². The predicted octanol–water partition coefficient (Wildman–Crippen LogP) is 2.21. The molecule has 1 saturated heterocycles. The zero-order valence-electron chi connectivity index (χ0n) is 9.79. The van der Waals surface area contributed by atoms with Crippen molar-refractivity contribution >= 4 is 23.2 Å². The van der Waals surface area contributed by atoms with E-state index in [9.17, 15) is 4.79 Å². The molecular formula is C12H16ClN3O. The fourth-order valence-electron chi connectivity index (χ4n) is 1.97. The number of anilines is 1. The molecule has 1 unspecified atom stereocenters. The van der Waals surface area contributed by atoms with E-state index in [2.05, 4.69) is 15.6 Å². The summed E-state index contributed by atoms with van der Waals surface area (Å²) in [6.07, 6.45) is 4.63. The molecule has 2 N–H and O–H groups in total. The summed E-state index contributed by atoms with van der Waals surface area (Å²) in [5.74, 6) is -0.0127. The Hall–Kier alpha value is -1.13. The van der Waals surface area contributed by atoms with Crippen LogP contribution >= 0.6 is 11.6 Å². The summed E-state index contributed by atoms with van der Waals surface area (Å²) in [5.41, 5.74) is 0.200. The van der Waals surface area contributed by atoms with E-state index in [1.54, 1.807) is 18.3 Å². The molecule has 1 aliphatic heterocycles. The molecule has 17 heavy (non-hydrogen) atoms. The number of pyridine rings is 1. The molecule has 0 saturated carbocycles. The molecule has 1 fully saturated rings. The molecule has 1 amide bonds. The first-order valence-electron chi connectivity index (χ1n) is 5.78. The molecule has 2 rings (SSSR count). The van der Waals surface area contributed by atoms with E-state index in [4.69, 9.17) is 11.6 Å². The highest BCUT2D eigenvalue weighted by Gasteiger charge is 2.34. The lowest BCUT2D eigenvalue weighted by Crippen LogP contribution is -2.54. The lowest BCUT2D eigenvalue weighted by Gasteiger charge is -2.33. The molecule has 1 aliphatic rings. The monoisotopic (exact) mass is 253 g/mol. The second-order valence-corrected chi connectivity index (χ2v) is 4.93. The Bertz CT molecular complexity index is 399. The number of carbonyl (C=O) groups is 1. The number of carbonyl (C=O) groups excluding carboxylic acids is 1. The number of hydrogen-bond acceptors (Lipinski definition) is 3. The molecule has 92 valence electrons. The third-order valence-corrected chi connectivity index (χ3v) is 3.33. The molecule has 0 spiro atoms. The van der Waals surface area contributed by atoms with Crippen LogP contribution in [0, 0.1) is 0 Å². The Labute approximate surface area is 106 Å². The number of amides is 1. The number of hydrogen-bond donors (Lipinski definition) is 2. The van der Waals surface area contributed by atoms with E-state index in [1.165, 1.54) is 0 Å². The van der Waals surface area contributed by atoms with Crippen LogP contribution < -0.4 is 10.6 Å². The third kappa shape index (κ3) is 2.96. The van der Waals surface area contributed by atoms with Gasteiger partial charge in [0.25, 0.3) is 0 Å². The van der Waals surface area contributed by atoms with E-state index in [1.807, 2.05) is 6.92 Å². The summed E-state index contributed by atoms with van der Waals surface area (Å²) in [5, 5.41) is 6.55. The summed E-state index contributed by atoms with van der Waals surface area (Å²) in [6.45, 7) is 2.83. The first-order chi connectivity index (χ1) is 8.10. The largest absolute Gasteiger partial charge is 0.323 e. The van der Waals surface area contributed by atoms with Gasteiger partial charge in [-0.15, -0.1) is 0 Å². The van der Waals surface area contributed by atoms with Gasteiger partial charge in [-0.05, 0) is 44.9 Å². The smallest absolute Gasteiger partial charge is 0.244 e. The fraction of sp³-hybridized carbons (Fsp3) is 0.500. The Morgan fingerprint density at radius 1 is 1.53 bits per heavy atom. The van der Waals surface area contributed by atoms with Crippen LogP contribution in [0.2, 0.25) is 5.15 Å². The normalized spacial score (nSPS) is 24.4. The molecule has 0 aromatic carbocycles. The number of aromatic nitrogens is 1. The average Bonchev–Trinajstić information content (AvgIpc) is 2.33. The highest BCUT2D eigenvalue weighted by atomic mass is 35.5. The van der Waals surface area contributed by atoms with Gasteiger partial charge in [-0.1, -0.05) is 11.6 Å². The standard InChI is InChI=1S/C12H16ClN3O/c1-12(6-2-3-7-15-12)11(17)16-9-4-5-10(13)14-8-9/h4-5,8,15H,2-3,6-7H2,1H3,(H,16,17). The average molecular weight is 254 g/mol. The first-order valence-corrected chi connectivity index (χ1v) is 6.16. The van der Waals surface area contributed by atoms with Crippen molar-refractivity contribution in [3.63, 3.8) is 0 Å². The van der Waals surface area contributed by atoms with Gasteiger partial charge in [0.15, 0.2) is 0 Å². The minimum Gasteiger partial charge on any atom is -0.323 e. The zero-order valence-corrected chi connectivity index (χ0v) is 10.5. The highest BCUT2D eigenvalue weighted by Crippen LogP contribution is 2.21. The number of halogens is 1. The topological polar surface area (TPSA) is 54.0 Å². The third-order valence-electron chi connectivity index (χ3n) is 3.11. The Morgan fingerprint density at radius 2 is 2.35 bits per heavy atom. The maximum atomic E-state index is 12.1. The summed E-state index contributed by atoms with van der Waals surface area (Å²) in [7, 11) is 0. The van der Waals surface area contributed by atoms with Crippen molar-refractivity contribution in [2.45, 2.75) is 31.7 Å². The molecular weight excluding hydrogens is 238 g/mol. The quantitative estimate of drug-likeness (QED) is 0.795. The predicted molar refractivity (Wildman–Crippen MR) is 68.1 cm³/mol. The van der Waals surface area contributed by atoms with Crippen LogP contribution in [0.4, 0.5) is 5.69 Å². The summed E-state index contributed by atoms with van der Waals surface area (Å²) < 4.78 is 0. The Kier molecular flexibility index (Phi) is 3.64.